The first-order chi connectivity index (χ1) is 17.3. The van der Waals surface area contributed by atoms with Crippen LogP contribution in [0.3, 0.4) is 0 Å². The molecular formula is C22H21N7O5S2. The summed E-state index contributed by atoms with van der Waals surface area (Å²) in [6.45, 7) is 2.21. The van der Waals surface area contributed by atoms with E-state index in [1.54, 1.807) is 5.38 Å². The molecule has 2 aliphatic rings. The highest BCUT2D eigenvalue weighted by molar-refractivity contribution is 8.00. The number of aryl methyl sites for hydroxylation is 1. The van der Waals surface area contributed by atoms with E-state index >= 15 is 0 Å². The second-order valence-electron chi connectivity index (χ2n) is 8.12. The Bertz CT molecular complexity index is 1460. The molecule has 0 spiro atoms. The van der Waals surface area contributed by atoms with E-state index in [4.69, 9.17) is 10.6 Å². The van der Waals surface area contributed by atoms with Crippen LogP contribution in [-0.2, 0) is 25.8 Å². The Labute approximate surface area is 213 Å². The van der Waals surface area contributed by atoms with Gasteiger partial charge in [-0.2, -0.15) is 0 Å². The van der Waals surface area contributed by atoms with Crippen molar-refractivity contribution in [3.63, 3.8) is 0 Å². The Morgan fingerprint density at radius 3 is 2.92 bits per heavy atom. The van der Waals surface area contributed by atoms with Crippen LogP contribution in [0.2, 0.25) is 0 Å². The van der Waals surface area contributed by atoms with Gasteiger partial charge in [0.1, 0.15) is 42.7 Å². The first-order valence-corrected chi connectivity index (χ1v) is 12.7. The van der Waals surface area contributed by atoms with Gasteiger partial charge in [-0.25, -0.2) is 14.0 Å². The van der Waals surface area contributed by atoms with Crippen LogP contribution in [0.1, 0.15) is 11.4 Å². The van der Waals surface area contributed by atoms with Crippen molar-refractivity contribution in [3.05, 3.63) is 58.6 Å². The number of nitrogen functional groups attached to an aromatic ring is 1. The van der Waals surface area contributed by atoms with Crippen molar-refractivity contribution in [3.8, 4) is 0 Å². The number of β-lactam (4-membered cyclic amide) rings is 1. The summed E-state index contributed by atoms with van der Waals surface area (Å²) in [5.41, 5.74) is 7.95. The van der Waals surface area contributed by atoms with Crippen molar-refractivity contribution < 1.29 is 28.7 Å². The summed E-state index contributed by atoms with van der Waals surface area (Å²) in [4.78, 5) is 48.1. The van der Waals surface area contributed by atoms with E-state index in [9.17, 15) is 19.5 Å². The molecule has 186 valence electrons. The van der Waals surface area contributed by atoms with Gasteiger partial charge in [-0.3, -0.25) is 14.5 Å². The average Bonchev–Trinajstić information content (AvgIpc) is 3.42. The zero-order chi connectivity index (χ0) is 25.6. The fourth-order valence-corrected chi connectivity index (χ4v) is 6.21. The van der Waals surface area contributed by atoms with Gasteiger partial charge in [0.25, 0.3) is 17.5 Å². The molecule has 2 amide bonds. The molecule has 14 heteroatoms. The maximum absolute atomic E-state index is 13.1. The normalized spacial score (nSPS) is 19.8. The SMILES string of the molecule is CO/N=C(\C(=O)N[C@@H]1C(=O)N2C(C(=O)[O-])=C(Cn3c(C)c[n+]4ccccc34)CS[C@@H]12)c1csc(N)n1. The number of aromatic nitrogens is 3. The van der Waals surface area contributed by atoms with Crippen LogP contribution in [-0.4, -0.2) is 62.2 Å². The quantitative estimate of drug-likeness (QED) is 0.172. The summed E-state index contributed by atoms with van der Waals surface area (Å²) in [6, 6.07) is 4.79. The highest BCUT2D eigenvalue weighted by atomic mass is 32.2. The van der Waals surface area contributed by atoms with Crippen LogP contribution >= 0.6 is 23.1 Å². The number of hydrogen-bond acceptors (Lipinski definition) is 10. The Kier molecular flexibility index (Phi) is 6.14. The standard InChI is InChI=1S/C22H21N7O5S2/c1-11-7-27-6-4-3-5-14(27)28(11)8-12-9-35-20-16(19(31)29(20)17(12)21(32)33)25-18(30)15(26-34-2)13-10-36-22(23)24-13/h3-7,10,16,20H,8-9H2,1-2H3,(H3-,23,24,25,30,32,33)/b26-15-/t16-,20+/m1/s1. The lowest BCUT2D eigenvalue weighted by Crippen LogP contribution is -2.71. The van der Waals surface area contributed by atoms with Crippen molar-refractivity contribution >= 4 is 57.4 Å². The zero-order valence-corrected chi connectivity index (χ0v) is 20.8. The Balaban J connectivity index is 1.39. The first-order valence-electron chi connectivity index (χ1n) is 10.8. The number of carbonyl (C=O) groups excluding carboxylic acids is 3. The monoisotopic (exact) mass is 527 g/mol. The van der Waals surface area contributed by atoms with E-state index in [-0.39, 0.29) is 28.8 Å². The number of anilines is 1. The smallest absolute Gasteiger partial charge is 0.286 e. The molecular weight excluding hydrogens is 506 g/mol. The molecule has 12 nitrogen and oxygen atoms in total. The summed E-state index contributed by atoms with van der Waals surface area (Å²) in [7, 11) is 1.28. The number of pyridine rings is 1. The molecule has 3 N–H and O–H groups in total. The third-order valence-corrected chi connectivity index (χ3v) is 7.95. The molecule has 1 saturated heterocycles. The molecule has 0 bridgehead atoms. The number of nitrogens with one attached hydrogen (secondary N) is 1. The van der Waals surface area contributed by atoms with Gasteiger partial charge in [0.05, 0.1) is 17.9 Å². The Morgan fingerprint density at radius 1 is 1.42 bits per heavy atom. The van der Waals surface area contributed by atoms with Crippen molar-refractivity contribution in [2.75, 3.05) is 18.6 Å². The van der Waals surface area contributed by atoms with Gasteiger partial charge in [0.2, 0.25) is 0 Å². The second-order valence-corrected chi connectivity index (χ2v) is 10.1. The van der Waals surface area contributed by atoms with E-state index in [0.717, 1.165) is 22.7 Å². The molecule has 3 aromatic rings. The fourth-order valence-electron chi connectivity index (χ4n) is 4.33. The molecule has 5 heterocycles. The number of oxime groups is 1. The number of imidazole rings is 1. The molecule has 36 heavy (non-hydrogen) atoms. The van der Waals surface area contributed by atoms with Gasteiger partial charge in [0, 0.05) is 29.7 Å². The predicted molar refractivity (Wildman–Crippen MR) is 129 cm³/mol. The first kappa shape index (κ1) is 23.8. The van der Waals surface area contributed by atoms with Crippen molar-refractivity contribution in [2.45, 2.75) is 24.9 Å². The van der Waals surface area contributed by atoms with Crippen LogP contribution in [0.25, 0.3) is 5.65 Å². The number of thioether (sulfide) groups is 1. The number of thiazole rings is 1. The van der Waals surface area contributed by atoms with E-state index in [1.165, 1.54) is 23.8 Å². The highest BCUT2D eigenvalue weighted by Gasteiger charge is 2.53. The molecule has 0 saturated carbocycles. The number of carboxylic acid groups (broad SMARTS) is 1. The van der Waals surface area contributed by atoms with Crippen molar-refractivity contribution in [1.82, 2.24) is 19.8 Å². The Morgan fingerprint density at radius 2 is 2.22 bits per heavy atom. The lowest BCUT2D eigenvalue weighted by atomic mass is 10.0. The molecule has 5 rings (SSSR count). The highest BCUT2D eigenvalue weighted by Crippen LogP contribution is 2.40. The topological polar surface area (TPSA) is 159 Å². The minimum atomic E-state index is -1.44. The van der Waals surface area contributed by atoms with Gasteiger partial charge in [-0.15, -0.1) is 23.1 Å². The van der Waals surface area contributed by atoms with Crippen LogP contribution in [0.15, 0.2) is 52.4 Å². The number of amides is 2. The second kappa shape index (κ2) is 9.28. The summed E-state index contributed by atoms with van der Waals surface area (Å²) in [6.07, 6.45) is 3.86. The molecule has 0 aromatic carbocycles. The number of carbonyl (C=O) groups is 3. The summed E-state index contributed by atoms with van der Waals surface area (Å²) in [5.74, 6) is -2.32. The lowest BCUT2D eigenvalue weighted by molar-refractivity contribution is -0.510. The van der Waals surface area contributed by atoms with Crippen LogP contribution in [0.4, 0.5) is 5.13 Å². The van der Waals surface area contributed by atoms with Gasteiger partial charge >= 0.3 is 0 Å². The molecule has 0 aliphatic carbocycles. The lowest BCUT2D eigenvalue weighted by Gasteiger charge is -2.50. The van der Waals surface area contributed by atoms with Crippen LogP contribution in [0, 0.1) is 6.92 Å². The summed E-state index contributed by atoms with van der Waals surface area (Å²) >= 11 is 2.50. The average molecular weight is 528 g/mol. The minimum absolute atomic E-state index is 0.138. The van der Waals surface area contributed by atoms with E-state index in [1.807, 2.05) is 46.5 Å². The van der Waals surface area contributed by atoms with E-state index in [0.29, 0.717) is 11.3 Å². The number of carboxylic acids is 1. The predicted octanol–water partition coefficient (Wildman–Crippen LogP) is -0.971. The number of aliphatic carboxylic acids is 1. The van der Waals surface area contributed by atoms with Crippen molar-refractivity contribution in [1.29, 1.82) is 0 Å². The van der Waals surface area contributed by atoms with Gasteiger partial charge in [0.15, 0.2) is 10.8 Å². The third kappa shape index (κ3) is 3.97. The maximum atomic E-state index is 13.1. The maximum Gasteiger partial charge on any atom is 0.286 e. The fraction of sp³-hybridized carbons (Fsp3) is 0.273. The van der Waals surface area contributed by atoms with Crippen molar-refractivity contribution in [2.24, 2.45) is 5.16 Å². The zero-order valence-electron chi connectivity index (χ0n) is 19.2. The number of fused-ring (bicyclic) bond motifs is 2. The molecule has 0 unspecified atom stereocenters. The van der Waals surface area contributed by atoms with Gasteiger partial charge in [-0.05, 0) is 6.07 Å². The largest absolute Gasteiger partial charge is 0.543 e. The van der Waals surface area contributed by atoms with Crippen LogP contribution < -0.4 is 20.6 Å². The Hall–Kier alpha value is -3.91. The number of nitrogens with zero attached hydrogens (tertiary/aromatic N) is 5. The molecule has 3 aromatic heterocycles. The van der Waals surface area contributed by atoms with E-state index < -0.39 is 29.2 Å². The number of hydrogen-bond donors (Lipinski definition) is 2. The molecule has 2 aliphatic heterocycles. The number of nitrogens with two attached hydrogens (primary N) is 1. The summed E-state index contributed by atoms with van der Waals surface area (Å²) < 4.78 is 3.93. The van der Waals surface area contributed by atoms with Gasteiger partial charge in [-0.1, -0.05) is 11.2 Å². The molecule has 2 atom stereocenters. The minimum Gasteiger partial charge on any atom is -0.543 e. The molecule has 1 fully saturated rings. The number of rotatable bonds is 7. The van der Waals surface area contributed by atoms with E-state index in [2.05, 4.69) is 15.5 Å². The third-order valence-electron chi connectivity index (χ3n) is 5.93. The molecule has 0 radical (unpaired) electrons. The van der Waals surface area contributed by atoms with Crippen LogP contribution in [0.5, 0.6) is 0 Å². The van der Waals surface area contributed by atoms with Gasteiger partial charge < -0.3 is 25.8 Å². The summed E-state index contributed by atoms with van der Waals surface area (Å²) in [5, 5.41) is 19.7.